The second kappa shape index (κ2) is 15.0. The summed E-state index contributed by atoms with van der Waals surface area (Å²) >= 11 is 0. The van der Waals surface area contributed by atoms with Gasteiger partial charge in [-0.1, -0.05) is 46.6 Å². The molecule has 1 fully saturated rings. The van der Waals surface area contributed by atoms with E-state index in [1.54, 1.807) is 30.3 Å². The Morgan fingerprint density at radius 1 is 1.06 bits per heavy atom. The molecule has 0 saturated heterocycles. The van der Waals surface area contributed by atoms with Crippen molar-refractivity contribution >= 4 is 10.0 Å². The van der Waals surface area contributed by atoms with Crippen molar-refractivity contribution in [2.75, 3.05) is 6.54 Å². The molecule has 272 valence electrons. The minimum atomic E-state index is -4.70. The number of aromatic nitrogens is 4. The van der Waals surface area contributed by atoms with Gasteiger partial charge in [0, 0.05) is 12.2 Å². The molecule has 1 aliphatic rings. The molecular formula is C37H43F3N6O4S. The number of nitrogens with one attached hydrogen (secondary N) is 1. The Bertz CT molecular complexity index is 2150. The summed E-state index contributed by atoms with van der Waals surface area (Å²) in [5, 5.41) is 13.0. The van der Waals surface area contributed by atoms with E-state index in [9.17, 15) is 36.4 Å². The lowest BCUT2D eigenvalue weighted by Gasteiger charge is -2.37. The van der Waals surface area contributed by atoms with E-state index in [1.807, 2.05) is 33.8 Å². The predicted molar refractivity (Wildman–Crippen MR) is 189 cm³/mol. The fourth-order valence-electron chi connectivity index (χ4n) is 7.29. The van der Waals surface area contributed by atoms with Crippen LogP contribution in [-0.4, -0.2) is 39.1 Å². The summed E-state index contributed by atoms with van der Waals surface area (Å²) in [5.41, 5.74) is -1.50. The van der Waals surface area contributed by atoms with Gasteiger partial charge in [0.1, 0.15) is 0 Å². The first-order chi connectivity index (χ1) is 24.1. The highest BCUT2D eigenvalue weighted by Gasteiger charge is 2.40. The molecule has 5 rings (SSSR count). The van der Waals surface area contributed by atoms with Crippen LogP contribution >= 0.6 is 0 Å². The highest BCUT2D eigenvalue weighted by atomic mass is 32.2. The molecule has 1 saturated carbocycles. The molecule has 4 unspecified atom stereocenters. The zero-order chi connectivity index (χ0) is 37.2. The van der Waals surface area contributed by atoms with Gasteiger partial charge in [-0.05, 0) is 92.5 Å². The Morgan fingerprint density at radius 2 is 1.76 bits per heavy atom. The van der Waals surface area contributed by atoms with Crippen molar-refractivity contribution in [1.82, 2.24) is 23.6 Å². The van der Waals surface area contributed by atoms with Crippen molar-refractivity contribution in [2.45, 2.75) is 84.2 Å². The van der Waals surface area contributed by atoms with E-state index in [0.29, 0.717) is 24.1 Å². The Balaban J connectivity index is 1.70. The van der Waals surface area contributed by atoms with Crippen molar-refractivity contribution < 1.29 is 21.6 Å². The highest BCUT2D eigenvalue weighted by Crippen LogP contribution is 2.37. The average Bonchev–Trinajstić information content (AvgIpc) is 3.56. The minimum absolute atomic E-state index is 0.00110. The molecule has 0 amide bonds. The van der Waals surface area contributed by atoms with Gasteiger partial charge in [-0.25, -0.2) is 22.6 Å². The van der Waals surface area contributed by atoms with Gasteiger partial charge in [0.25, 0.3) is 5.56 Å². The molecule has 2 aromatic carbocycles. The second-order valence-electron chi connectivity index (χ2n) is 13.8. The van der Waals surface area contributed by atoms with E-state index in [4.69, 9.17) is 0 Å². The first kappa shape index (κ1) is 37.8. The Kier molecular flexibility index (Phi) is 11.1. The summed E-state index contributed by atoms with van der Waals surface area (Å²) < 4.78 is 75.7. The largest absolute Gasteiger partial charge is 0.416 e. The minimum Gasteiger partial charge on any atom is -0.268 e. The molecule has 4 atom stereocenters. The SMILES string of the molecule is CCCC(CNS(=O)(=O)C1CC(C)CCC1C(C)C)n1c(=O)c(-c2ccnn2-c2ccc(C#N)cc2)c(C)n(-c2cccc(C(F)(F)F)c2)c1=O. The van der Waals surface area contributed by atoms with E-state index in [0.717, 1.165) is 34.1 Å². The van der Waals surface area contributed by atoms with Crippen molar-refractivity contribution in [1.29, 1.82) is 5.26 Å². The van der Waals surface area contributed by atoms with Crippen LogP contribution in [-0.2, 0) is 16.2 Å². The number of benzene rings is 2. The first-order valence-electron chi connectivity index (χ1n) is 17.2. The zero-order valence-electron chi connectivity index (χ0n) is 29.3. The lowest BCUT2D eigenvalue weighted by Crippen LogP contribution is -2.49. The van der Waals surface area contributed by atoms with Gasteiger partial charge in [0.05, 0.1) is 57.3 Å². The number of rotatable bonds is 11. The Morgan fingerprint density at radius 3 is 2.39 bits per heavy atom. The van der Waals surface area contributed by atoms with Gasteiger partial charge in [0.15, 0.2) is 0 Å². The van der Waals surface area contributed by atoms with Crippen LogP contribution in [0.2, 0.25) is 0 Å². The predicted octanol–water partition coefficient (Wildman–Crippen LogP) is 6.77. The monoisotopic (exact) mass is 724 g/mol. The van der Waals surface area contributed by atoms with Gasteiger partial charge >= 0.3 is 11.9 Å². The van der Waals surface area contributed by atoms with Crippen molar-refractivity contribution in [3.8, 4) is 28.7 Å². The van der Waals surface area contributed by atoms with Crippen molar-refractivity contribution in [3.63, 3.8) is 0 Å². The lowest BCUT2D eigenvalue weighted by atomic mass is 9.77. The molecule has 0 radical (unpaired) electrons. The summed E-state index contributed by atoms with van der Waals surface area (Å²) in [6.07, 6.45) is -0.347. The third kappa shape index (κ3) is 7.74. The van der Waals surface area contributed by atoms with Crippen LogP contribution < -0.4 is 16.0 Å². The van der Waals surface area contributed by atoms with Crippen LogP contribution in [0.1, 0.15) is 82.7 Å². The average molecular weight is 725 g/mol. The third-order valence-electron chi connectivity index (χ3n) is 9.97. The summed E-state index contributed by atoms with van der Waals surface area (Å²) in [6, 6.07) is 13.4. The molecule has 51 heavy (non-hydrogen) atoms. The molecule has 4 aromatic rings. The molecule has 1 N–H and O–H groups in total. The Hall–Kier alpha value is -4.48. The molecule has 0 bridgehead atoms. The van der Waals surface area contributed by atoms with Gasteiger partial charge in [-0.15, -0.1) is 0 Å². The number of nitrogens with zero attached hydrogens (tertiary/aromatic N) is 5. The fourth-order valence-corrected chi connectivity index (χ4v) is 9.42. The van der Waals surface area contributed by atoms with E-state index in [-0.39, 0.29) is 53.4 Å². The Labute approximate surface area is 295 Å². The first-order valence-corrected chi connectivity index (χ1v) is 18.7. The van der Waals surface area contributed by atoms with Crippen LogP contribution in [0.15, 0.2) is 70.4 Å². The molecule has 2 aromatic heterocycles. The smallest absolute Gasteiger partial charge is 0.268 e. The number of nitriles is 1. The van der Waals surface area contributed by atoms with Crippen molar-refractivity contribution in [2.24, 2.45) is 17.8 Å². The normalized spacial score (nSPS) is 18.9. The number of hydrogen-bond acceptors (Lipinski definition) is 6. The van der Waals surface area contributed by atoms with Crippen LogP contribution in [0.5, 0.6) is 0 Å². The summed E-state index contributed by atoms with van der Waals surface area (Å²) in [7, 11) is -3.89. The summed E-state index contributed by atoms with van der Waals surface area (Å²) in [6.45, 7) is 9.11. The van der Waals surface area contributed by atoms with Crippen LogP contribution in [0.4, 0.5) is 13.2 Å². The van der Waals surface area contributed by atoms with E-state index < -0.39 is 44.3 Å². The third-order valence-corrected chi connectivity index (χ3v) is 11.9. The molecule has 0 spiro atoms. The number of halogens is 3. The van der Waals surface area contributed by atoms with Gasteiger partial charge < -0.3 is 0 Å². The van der Waals surface area contributed by atoms with E-state index in [2.05, 4.69) is 9.82 Å². The second-order valence-corrected chi connectivity index (χ2v) is 15.8. The van der Waals surface area contributed by atoms with Crippen LogP contribution in [0.3, 0.4) is 0 Å². The lowest BCUT2D eigenvalue weighted by molar-refractivity contribution is -0.137. The maximum Gasteiger partial charge on any atom is 0.416 e. The molecule has 10 nitrogen and oxygen atoms in total. The van der Waals surface area contributed by atoms with E-state index >= 15 is 0 Å². The molecule has 2 heterocycles. The number of alkyl halides is 3. The van der Waals surface area contributed by atoms with E-state index in [1.165, 1.54) is 29.9 Å². The van der Waals surface area contributed by atoms with Gasteiger partial charge in [-0.3, -0.25) is 13.9 Å². The van der Waals surface area contributed by atoms with Crippen LogP contribution in [0.25, 0.3) is 22.6 Å². The number of hydrogen-bond donors (Lipinski definition) is 1. The maximum atomic E-state index is 14.6. The quantitative estimate of drug-likeness (QED) is 0.182. The maximum absolute atomic E-state index is 14.6. The number of sulfonamides is 1. The molecule has 14 heteroatoms. The van der Waals surface area contributed by atoms with Gasteiger partial charge in [-0.2, -0.15) is 23.5 Å². The topological polar surface area (TPSA) is 132 Å². The molecular weight excluding hydrogens is 682 g/mol. The zero-order valence-corrected chi connectivity index (χ0v) is 30.1. The van der Waals surface area contributed by atoms with Gasteiger partial charge in [0.2, 0.25) is 10.0 Å². The van der Waals surface area contributed by atoms with Crippen molar-refractivity contribution in [3.05, 3.63) is 98.5 Å². The summed E-state index contributed by atoms with van der Waals surface area (Å²) in [5.74, 6) is 0.294. The van der Waals surface area contributed by atoms with Crippen LogP contribution in [0, 0.1) is 36.0 Å². The summed E-state index contributed by atoms with van der Waals surface area (Å²) in [4.78, 5) is 29.1. The highest BCUT2D eigenvalue weighted by molar-refractivity contribution is 7.90. The molecule has 1 aliphatic carbocycles. The fraction of sp³-hybridized carbons (Fsp3) is 0.459. The standard InChI is InChI=1S/C37H43F3N6O4S/c1-6-8-30(22-43-51(49,50)33-19-24(4)11-16-31(33)23(2)3)45-35(47)34(32-17-18-42-46(32)28-14-12-26(21-41)13-15-28)25(5)44(36(45)48)29-10-7-9-27(20-29)37(38,39)40/h7,9-10,12-15,17-18,20,23-24,30-31,33,43H,6,8,11,16,19,22H2,1-5H3. The molecule has 0 aliphatic heterocycles.